The second-order valence-corrected chi connectivity index (χ2v) is 9.11. The number of nitrogens with zero attached hydrogens (tertiary/aromatic N) is 2. The lowest BCUT2D eigenvalue weighted by molar-refractivity contribution is -0.157. The van der Waals surface area contributed by atoms with Crippen molar-refractivity contribution in [1.29, 1.82) is 0 Å². The van der Waals surface area contributed by atoms with Crippen LogP contribution < -0.4 is 5.32 Å². The maximum Gasteiger partial charge on any atom is 0.274 e. The van der Waals surface area contributed by atoms with Crippen LogP contribution in [0.3, 0.4) is 0 Å². The van der Waals surface area contributed by atoms with Crippen molar-refractivity contribution in [2.24, 2.45) is 0 Å². The number of rotatable bonds is 4. The zero-order valence-corrected chi connectivity index (χ0v) is 19.4. The molecule has 33 heavy (non-hydrogen) atoms. The van der Waals surface area contributed by atoms with E-state index < -0.39 is 46.3 Å². The van der Waals surface area contributed by atoms with Gasteiger partial charge in [-0.05, 0) is 66.4 Å². The third-order valence-electron chi connectivity index (χ3n) is 6.39. The summed E-state index contributed by atoms with van der Waals surface area (Å²) < 4.78 is 56.2. The third-order valence-corrected chi connectivity index (χ3v) is 7.00. The van der Waals surface area contributed by atoms with Crippen molar-refractivity contribution in [1.82, 2.24) is 10.0 Å². The molecular weight excluding hydrogens is 506 g/mol. The number of hydrazine groups is 1. The van der Waals surface area contributed by atoms with Gasteiger partial charge < -0.3 is 5.32 Å². The van der Waals surface area contributed by atoms with Crippen molar-refractivity contribution in [3.05, 3.63) is 74.8 Å². The molecule has 1 atom stereocenters. The van der Waals surface area contributed by atoms with Gasteiger partial charge in [0.1, 0.15) is 5.57 Å². The van der Waals surface area contributed by atoms with E-state index in [0.29, 0.717) is 25.0 Å². The van der Waals surface area contributed by atoms with Gasteiger partial charge in [-0.15, -0.1) is 0 Å². The molecule has 0 spiro atoms. The summed E-state index contributed by atoms with van der Waals surface area (Å²) in [6.45, 7) is 3.69. The summed E-state index contributed by atoms with van der Waals surface area (Å²) in [6, 6.07) is 6.09. The van der Waals surface area contributed by atoms with E-state index in [4.69, 9.17) is 0 Å². The van der Waals surface area contributed by atoms with Crippen LogP contribution in [0.5, 0.6) is 0 Å². The van der Waals surface area contributed by atoms with Crippen LogP contribution in [-0.4, -0.2) is 33.9 Å². The average molecular weight is 526 g/mol. The number of hydrogen-bond donors (Lipinski definition) is 1. The van der Waals surface area contributed by atoms with Crippen LogP contribution in [-0.2, 0) is 16.1 Å². The van der Waals surface area contributed by atoms with Gasteiger partial charge in [-0.2, -0.15) is 0 Å². The molecule has 2 aliphatic rings. The minimum absolute atomic E-state index is 0.0436. The topological polar surface area (TPSA) is 52.7 Å². The van der Waals surface area contributed by atoms with Crippen LogP contribution in [0.2, 0.25) is 0 Å². The standard InChI is InChI=1S/C23H20BrF4N3O2/c1-12-17(21(32)29-16-8-7-14(24)19(27)20(16)28)22(33)30(31-10-4-9-23(12,31)2)11-13-5-3-6-15(25)18(13)26/h3,5-8H,4,9-11H2,1-2H3,(H,29,32). The van der Waals surface area contributed by atoms with Crippen LogP contribution in [0, 0.1) is 23.3 Å². The van der Waals surface area contributed by atoms with Crippen LogP contribution in [0.25, 0.3) is 0 Å². The Morgan fingerprint density at radius 3 is 2.58 bits per heavy atom. The Bertz CT molecular complexity index is 1200. The first-order valence-electron chi connectivity index (χ1n) is 10.2. The van der Waals surface area contributed by atoms with Crippen molar-refractivity contribution in [3.8, 4) is 0 Å². The molecule has 10 heteroatoms. The van der Waals surface area contributed by atoms with Gasteiger partial charge in [0.15, 0.2) is 23.3 Å². The molecule has 0 aromatic heterocycles. The molecule has 2 amide bonds. The van der Waals surface area contributed by atoms with E-state index in [0.717, 1.165) is 6.07 Å². The normalized spacial score (nSPS) is 20.9. The Morgan fingerprint density at radius 2 is 1.85 bits per heavy atom. The number of benzene rings is 2. The monoisotopic (exact) mass is 525 g/mol. The molecule has 1 saturated heterocycles. The second-order valence-electron chi connectivity index (χ2n) is 8.25. The summed E-state index contributed by atoms with van der Waals surface area (Å²) in [5.74, 6) is -6.20. The molecule has 2 aliphatic heterocycles. The molecular formula is C23H20BrF4N3O2. The lowest BCUT2D eigenvalue weighted by Gasteiger charge is -2.47. The summed E-state index contributed by atoms with van der Waals surface area (Å²) in [5.41, 5.74) is -0.964. The van der Waals surface area contributed by atoms with E-state index in [9.17, 15) is 27.2 Å². The predicted octanol–water partition coefficient (Wildman–Crippen LogP) is 5.07. The minimum atomic E-state index is -1.27. The zero-order valence-electron chi connectivity index (χ0n) is 17.8. The summed E-state index contributed by atoms with van der Waals surface area (Å²) in [5, 5.41) is 5.26. The fraction of sp³-hybridized carbons (Fsp3) is 0.304. The SMILES string of the molecule is CC1=C(C(=O)Nc2ccc(Br)c(F)c2F)C(=O)N(Cc2cccc(F)c2F)N2CCCC12C. The van der Waals surface area contributed by atoms with E-state index in [2.05, 4.69) is 21.2 Å². The second kappa shape index (κ2) is 8.57. The highest BCUT2D eigenvalue weighted by molar-refractivity contribution is 9.10. The molecule has 0 bridgehead atoms. The number of fused-ring (bicyclic) bond motifs is 1. The molecule has 2 aromatic rings. The van der Waals surface area contributed by atoms with Gasteiger partial charge in [0.05, 0.1) is 22.2 Å². The van der Waals surface area contributed by atoms with Crippen LogP contribution in [0.15, 0.2) is 46.0 Å². The zero-order chi connectivity index (χ0) is 24.1. The van der Waals surface area contributed by atoms with Crippen molar-refractivity contribution in [3.63, 3.8) is 0 Å². The smallest absolute Gasteiger partial charge is 0.274 e. The lowest BCUT2D eigenvalue weighted by atomic mass is 9.84. The highest BCUT2D eigenvalue weighted by atomic mass is 79.9. The van der Waals surface area contributed by atoms with Crippen LogP contribution in [0.1, 0.15) is 32.3 Å². The molecule has 5 nitrogen and oxygen atoms in total. The predicted molar refractivity (Wildman–Crippen MR) is 117 cm³/mol. The Kier molecular flexibility index (Phi) is 6.09. The van der Waals surface area contributed by atoms with E-state index in [1.807, 2.05) is 6.92 Å². The number of carbonyl (C=O) groups excluding carboxylic acids is 2. The number of halogens is 5. The molecule has 2 heterocycles. The first-order valence-corrected chi connectivity index (χ1v) is 11.0. The van der Waals surface area contributed by atoms with E-state index in [-0.39, 0.29) is 22.2 Å². The van der Waals surface area contributed by atoms with E-state index in [1.165, 1.54) is 29.3 Å². The Balaban J connectivity index is 1.73. The fourth-order valence-electron chi connectivity index (χ4n) is 4.45. The quantitative estimate of drug-likeness (QED) is 0.344. The third kappa shape index (κ3) is 3.85. The number of nitrogens with one attached hydrogen (secondary N) is 1. The van der Waals surface area contributed by atoms with Gasteiger partial charge in [-0.25, -0.2) is 22.6 Å². The molecule has 0 saturated carbocycles. The van der Waals surface area contributed by atoms with Crippen LogP contribution >= 0.6 is 15.9 Å². The summed E-state index contributed by atoms with van der Waals surface area (Å²) in [6.07, 6.45) is 1.33. The Labute approximate surface area is 196 Å². The summed E-state index contributed by atoms with van der Waals surface area (Å²) >= 11 is 2.87. The highest BCUT2D eigenvalue weighted by Gasteiger charge is 2.50. The molecule has 0 aliphatic carbocycles. The van der Waals surface area contributed by atoms with Crippen molar-refractivity contribution < 1.29 is 27.2 Å². The van der Waals surface area contributed by atoms with E-state index >= 15 is 0 Å². The van der Waals surface area contributed by atoms with Gasteiger partial charge in [0.25, 0.3) is 11.8 Å². The highest BCUT2D eigenvalue weighted by Crippen LogP contribution is 2.43. The number of carbonyl (C=O) groups is 2. The Morgan fingerprint density at radius 1 is 1.12 bits per heavy atom. The van der Waals surface area contributed by atoms with Crippen molar-refractivity contribution >= 4 is 33.4 Å². The van der Waals surface area contributed by atoms with Crippen LogP contribution in [0.4, 0.5) is 23.2 Å². The number of amides is 2. The first kappa shape index (κ1) is 23.4. The number of anilines is 1. The molecule has 2 aromatic carbocycles. The van der Waals surface area contributed by atoms with Gasteiger partial charge >= 0.3 is 0 Å². The average Bonchev–Trinajstić information content (AvgIpc) is 3.17. The molecule has 0 radical (unpaired) electrons. The lowest BCUT2D eigenvalue weighted by Crippen LogP contribution is -2.60. The Hall–Kier alpha value is -2.72. The van der Waals surface area contributed by atoms with Crippen molar-refractivity contribution in [2.75, 3.05) is 11.9 Å². The van der Waals surface area contributed by atoms with Crippen molar-refractivity contribution in [2.45, 2.75) is 38.8 Å². The molecule has 4 rings (SSSR count). The first-order chi connectivity index (χ1) is 15.6. The van der Waals surface area contributed by atoms with Gasteiger partial charge in [0, 0.05) is 12.1 Å². The summed E-state index contributed by atoms with van der Waals surface area (Å²) in [4.78, 5) is 26.5. The van der Waals surface area contributed by atoms with Gasteiger partial charge in [-0.3, -0.25) is 14.6 Å². The van der Waals surface area contributed by atoms with E-state index in [1.54, 1.807) is 11.9 Å². The van der Waals surface area contributed by atoms with Gasteiger partial charge in [0.2, 0.25) is 0 Å². The molecule has 174 valence electrons. The molecule has 1 N–H and O–H groups in total. The largest absolute Gasteiger partial charge is 0.319 e. The molecule has 1 fully saturated rings. The molecule has 1 unspecified atom stereocenters. The maximum atomic E-state index is 14.4. The maximum absolute atomic E-state index is 14.4. The number of hydrogen-bond acceptors (Lipinski definition) is 3. The summed E-state index contributed by atoms with van der Waals surface area (Å²) in [7, 11) is 0. The fourth-order valence-corrected chi connectivity index (χ4v) is 4.76. The van der Waals surface area contributed by atoms with Gasteiger partial charge in [-0.1, -0.05) is 12.1 Å². The minimum Gasteiger partial charge on any atom is -0.319 e.